The van der Waals surface area contributed by atoms with Crippen LogP contribution in [0.15, 0.2) is 77.1 Å². The summed E-state index contributed by atoms with van der Waals surface area (Å²) in [6.07, 6.45) is 3.53. The Balaban J connectivity index is 1.89. The van der Waals surface area contributed by atoms with Crippen LogP contribution in [0.25, 0.3) is 6.08 Å². The number of aliphatic imine (C=N–C) groups is 1. The van der Waals surface area contributed by atoms with Crippen molar-refractivity contribution in [3.05, 3.63) is 77.7 Å². The third kappa shape index (κ3) is 4.00. The van der Waals surface area contributed by atoms with Crippen LogP contribution in [0, 0.1) is 0 Å². The number of carbonyl (C=O) groups is 1. The highest BCUT2D eigenvalue weighted by molar-refractivity contribution is 8.18. The lowest BCUT2D eigenvalue weighted by atomic mass is 10.2. The minimum absolute atomic E-state index is 0.0711. The first-order valence-corrected chi connectivity index (χ1v) is 8.65. The highest BCUT2D eigenvalue weighted by Crippen LogP contribution is 2.34. The van der Waals surface area contributed by atoms with Gasteiger partial charge in [0.15, 0.2) is 5.17 Å². The summed E-state index contributed by atoms with van der Waals surface area (Å²) in [6, 6.07) is 17.2. The van der Waals surface area contributed by atoms with Crippen molar-refractivity contribution in [3.63, 3.8) is 0 Å². The molecule has 0 aromatic heterocycles. The Labute approximate surface area is 151 Å². The minimum Gasteiger partial charge on any atom is -0.489 e. The molecule has 5 heteroatoms. The van der Waals surface area contributed by atoms with E-state index in [0.29, 0.717) is 16.7 Å². The molecular weight excluding hydrogens is 332 g/mol. The van der Waals surface area contributed by atoms with Crippen molar-refractivity contribution in [2.45, 2.75) is 0 Å². The van der Waals surface area contributed by atoms with Gasteiger partial charge in [-0.15, -0.1) is 0 Å². The van der Waals surface area contributed by atoms with Crippen molar-refractivity contribution in [2.75, 3.05) is 13.7 Å². The van der Waals surface area contributed by atoms with Gasteiger partial charge in [0.1, 0.15) is 12.4 Å². The van der Waals surface area contributed by atoms with Gasteiger partial charge in [-0.1, -0.05) is 49.1 Å². The Morgan fingerprint density at radius 1 is 1.16 bits per heavy atom. The Morgan fingerprint density at radius 2 is 1.88 bits per heavy atom. The van der Waals surface area contributed by atoms with Crippen molar-refractivity contribution < 1.29 is 9.53 Å². The van der Waals surface area contributed by atoms with Crippen LogP contribution >= 0.6 is 11.8 Å². The molecule has 0 radical (unpaired) electrons. The summed E-state index contributed by atoms with van der Waals surface area (Å²) in [6.45, 7) is 4.08. The third-order valence-corrected chi connectivity index (χ3v) is 4.61. The molecule has 126 valence electrons. The van der Waals surface area contributed by atoms with Crippen LogP contribution in [0.2, 0.25) is 0 Å². The number of nitrogens with zero attached hydrogens (tertiary/aromatic N) is 2. The molecule has 0 bridgehead atoms. The lowest BCUT2D eigenvalue weighted by Gasteiger charge is -2.07. The fourth-order valence-corrected chi connectivity index (χ4v) is 3.26. The summed E-state index contributed by atoms with van der Waals surface area (Å²) >= 11 is 1.36. The average Bonchev–Trinajstić information content (AvgIpc) is 2.90. The van der Waals surface area contributed by atoms with Gasteiger partial charge in [0.05, 0.1) is 10.6 Å². The van der Waals surface area contributed by atoms with E-state index >= 15 is 0 Å². The van der Waals surface area contributed by atoms with Crippen LogP contribution in [0.4, 0.5) is 5.69 Å². The molecule has 0 N–H and O–H groups in total. The lowest BCUT2D eigenvalue weighted by Crippen LogP contribution is -2.23. The number of rotatable bonds is 5. The van der Waals surface area contributed by atoms with Crippen molar-refractivity contribution in [1.82, 2.24) is 4.90 Å². The summed E-state index contributed by atoms with van der Waals surface area (Å²) in [5.74, 6) is 0.651. The van der Waals surface area contributed by atoms with Crippen molar-refractivity contribution in [3.8, 4) is 5.75 Å². The van der Waals surface area contributed by atoms with E-state index in [9.17, 15) is 4.79 Å². The van der Waals surface area contributed by atoms with Gasteiger partial charge in [-0.25, -0.2) is 4.99 Å². The van der Waals surface area contributed by atoms with E-state index in [1.54, 1.807) is 18.0 Å². The van der Waals surface area contributed by atoms with Crippen LogP contribution < -0.4 is 4.74 Å². The zero-order chi connectivity index (χ0) is 17.6. The standard InChI is InChI=1S/C20H18N2O2S/c1-3-13-24-17-12-8-7-9-15(17)14-18-19(23)22(2)20(25-18)21-16-10-5-4-6-11-16/h3-12,14H,1,13H2,2H3/b18-14+,21-20?. The summed E-state index contributed by atoms with van der Waals surface area (Å²) < 4.78 is 5.65. The van der Waals surface area contributed by atoms with E-state index in [1.165, 1.54) is 11.8 Å². The number of likely N-dealkylation sites (N-methyl/N-ethyl adjacent to an activating group) is 1. The summed E-state index contributed by atoms with van der Waals surface area (Å²) in [7, 11) is 1.73. The van der Waals surface area contributed by atoms with Crippen LogP contribution in [0.3, 0.4) is 0 Å². The molecule has 0 atom stereocenters. The quantitative estimate of drug-likeness (QED) is 0.589. The number of ether oxygens (including phenoxy) is 1. The fourth-order valence-electron chi connectivity index (χ4n) is 2.29. The zero-order valence-corrected chi connectivity index (χ0v) is 14.7. The number of para-hydroxylation sites is 2. The van der Waals surface area contributed by atoms with E-state index in [4.69, 9.17) is 4.74 Å². The number of carbonyl (C=O) groups excluding carboxylic acids is 1. The molecule has 1 heterocycles. The maximum Gasteiger partial charge on any atom is 0.266 e. The molecule has 2 aromatic rings. The number of benzene rings is 2. The van der Waals surface area contributed by atoms with Crippen LogP contribution in [0.5, 0.6) is 5.75 Å². The molecule has 0 spiro atoms. The van der Waals surface area contributed by atoms with Gasteiger partial charge < -0.3 is 4.74 Å². The highest BCUT2D eigenvalue weighted by Gasteiger charge is 2.30. The monoisotopic (exact) mass is 350 g/mol. The molecule has 1 aliphatic heterocycles. The smallest absolute Gasteiger partial charge is 0.266 e. The lowest BCUT2D eigenvalue weighted by molar-refractivity contribution is -0.121. The predicted molar refractivity (Wildman–Crippen MR) is 104 cm³/mol. The molecule has 0 saturated carbocycles. The van der Waals surface area contributed by atoms with Gasteiger partial charge in [-0.3, -0.25) is 9.69 Å². The molecule has 0 aliphatic carbocycles. The predicted octanol–water partition coefficient (Wildman–Crippen LogP) is 4.49. The topological polar surface area (TPSA) is 41.9 Å². The molecule has 1 aliphatic rings. The normalized spacial score (nSPS) is 17.3. The number of thioether (sulfide) groups is 1. The molecule has 1 amide bonds. The van der Waals surface area contributed by atoms with E-state index in [1.807, 2.05) is 60.7 Å². The third-order valence-electron chi connectivity index (χ3n) is 3.55. The molecule has 1 saturated heterocycles. The number of hydrogen-bond donors (Lipinski definition) is 0. The van der Waals surface area contributed by atoms with E-state index in [2.05, 4.69) is 11.6 Å². The molecule has 0 unspecified atom stereocenters. The Morgan fingerprint density at radius 3 is 2.64 bits per heavy atom. The first-order valence-electron chi connectivity index (χ1n) is 7.83. The van der Waals surface area contributed by atoms with Crippen molar-refractivity contribution in [1.29, 1.82) is 0 Å². The van der Waals surface area contributed by atoms with Gasteiger partial charge in [0, 0.05) is 12.6 Å². The molecular formula is C20H18N2O2S. The first-order chi connectivity index (χ1) is 12.2. The summed E-state index contributed by atoms with van der Waals surface area (Å²) in [5, 5.41) is 0.659. The summed E-state index contributed by atoms with van der Waals surface area (Å²) in [4.78, 5) is 19.3. The molecule has 3 rings (SSSR count). The van der Waals surface area contributed by atoms with Crippen molar-refractivity contribution >= 4 is 34.6 Å². The second-order valence-electron chi connectivity index (χ2n) is 5.34. The molecule has 2 aromatic carbocycles. The maximum atomic E-state index is 12.5. The Kier molecular flexibility index (Phi) is 5.36. The van der Waals surface area contributed by atoms with Crippen molar-refractivity contribution in [2.24, 2.45) is 4.99 Å². The molecule has 25 heavy (non-hydrogen) atoms. The van der Waals surface area contributed by atoms with Gasteiger partial charge in [-0.05, 0) is 36.0 Å². The largest absolute Gasteiger partial charge is 0.489 e. The molecule has 4 nitrogen and oxygen atoms in total. The number of amidine groups is 1. The molecule has 1 fully saturated rings. The highest BCUT2D eigenvalue weighted by atomic mass is 32.2. The van der Waals surface area contributed by atoms with Crippen LogP contribution in [0.1, 0.15) is 5.56 Å². The minimum atomic E-state index is -0.0711. The van der Waals surface area contributed by atoms with Gasteiger partial charge >= 0.3 is 0 Å². The Bertz CT molecular complexity index is 844. The second-order valence-corrected chi connectivity index (χ2v) is 6.35. The van der Waals surface area contributed by atoms with E-state index < -0.39 is 0 Å². The second kappa shape index (κ2) is 7.85. The maximum absolute atomic E-state index is 12.5. The number of amides is 1. The van der Waals surface area contributed by atoms with E-state index in [0.717, 1.165) is 17.0 Å². The van der Waals surface area contributed by atoms with Gasteiger partial charge in [-0.2, -0.15) is 0 Å². The van der Waals surface area contributed by atoms with E-state index in [-0.39, 0.29) is 5.91 Å². The van der Waals surface area contributed by atoms with Gasteiger partial charge in [0.2, 0.25) is 0 Å². The van der Waals surface area contributed by atoms with Gasteiger partial charge in [0.25, 0.3) is 5.91 Å². The summed E-state index contributed by atoms with van der Waals surface area (Å²) in [5.41, 5.74) is 1.68. The first kappa shape index (κ1) is 17.0. The van der Waals surface area contributed by atoms with Crippen LogP contribution in [-0.2, 0) is 4.79 Å². The van der Waals surface area contributed by atoms with Crippen LogP contribution in [-0.4, -0.2) is 29.6 Å². The average molecular weight is 350 g/mol. The SMILES string of the molecule is C=CCOc1ccccc1/C=C1/SC(=Nc2ccccc2)N(C)C1=O. The fraction of sp³-hybridized carbons (Fsp3) is 0.100. The zero-order valence-electron chi connectivity index (χ0n) is 13.9. The number of hydrogen-bond acceptors (Lipinski definition) is 4. The Hall–Kier alpha value is -2.79.